The Kier molecular flexibility index (Phi) is 6.74. The zero-order valence-corrected chi connectivity index (χ0v) is 18.9. The summed E-state index contributed by atoms with van der Waals surface area (Å²) in [6.45, 7) is 0.495. The highest BCUT2D eigenvalue weighted by molar-refractivity contribution is 6.30. The highest BCUT2D eigenvalue weighted by Crippen LogP contribution is 2.23. The Labute approximate surface area is 196 Å². The van der Waals surface area contributed by atoms with Crippen molar-refractivity contribution >= 4 is 35.0 Å². The van der Waals surface area contributed by atoms with Crippen LogP contribution in [0.5, 0.6) is 0 Å². The number of anilines is 1. The number of hydrogen-bond donors (Lipinski definition) is 2. The summed E-state index contributed by atoms with van der Waals surface area (Å²) in [7, 11) is 1.85. The first-order valence-corrected chi connectivity index (χ1v) is 11.0. The van der Waals surface area contributed by atoms with Gasteiger partial charge in [0.15, 0.2) is 0 Å². The van der Waals surface area contributed by atoms with E-state index in [1.807, 2.05) is 23.7 Å². The lowest BCUT2D eigenvalue weighted by atomic mass is 10.1. The van der Waals surface area contributed by atoms with E-state index in [0.717, 1.165) is 17.7 Å². The van der Waals surface area contributed by atoms with Gasteiger partial charge in [0.2, 0.25) is 11.8 Å². The van der Waals surface area contributed by atoms with E-state index in [2.05, 4.69) is 15.6 Å². The molecule has 0 bridgehead atoms. The molecule has 8 nitrogen and oxygen atoms in total. The molecule has 2 N–H and O–H groups in total. The molecule has 1 saturated heterocycles. The van der Waals surface area contributed by atoms with Crippen molar-refractivity contribution in [1.82, 2.24) is 20.2 Å². The fourth-order valence-corrected chi connectivity index (χ4v) is 3.92. The SMILES string of the molecule is Cn1ccnc1[C@H](NC(=O)CNC(=O)c1ccc(N2CCCC2=O)cc1)c1ccc(Cl)cc1. The summed E-state index contributed by atoms with van der Waals surface area (Å²) >= 11 is 6.00. The third kappa shape index (κ3) is 5.23. The molecule has 1 aromatic heterocycles. The minimum absolute atomic E-state index is 0.0897. The van der Waals surface area contributed by atoms with Crippen LogP contribution in [-0.2, 0) is 16.6 Å². The molecule has 0 unspecified atom stereocenters. The van der Waals surface area contributed by atoms with Gasteiger partial charge in [-0.25, -0.2) is 4.98 Å². The lowest BCUT2D eigenvalue weighted by Crippen LogP contribution is -2.39. The molecule has 1 aliphatic rings. The Balaban J connectivity index is 1.38. The number of aryl methyl sites for hydroxylation is 1. The van der Waals surface area contributed by atoms with E-state index in [1.54, 1.807) is 53.7 Å². The maximum Gasteiger partial charge on any atom is 0.251 e. The minimum atomic E-state index is -0.496. The van der Waals surface area contributed by atoms with Crippen LogP contribution in [0.2, 0.25) is 5.02 Å². The van der Waals surface area contributed by atoms with Gasteiger partial charge in [0.05, 0.1) is 6.54 Å². The van der Waals surface area contributed by atoms with E-state index in [0.29, 0.717) is 29.4 Å². The second-order valence-corrected chi connectivity index (χ2v) is 8.26. The Hall–Kier alpha value is -3.65. The van der Waals surface area contributed by atoms with E-state index in [9.17, 15) is 14.4 Å². The number of amides is 3. The van der Waals surface area contributed by atoms with Crippen LogP contribution in [-0.4, -0.2) is 40.4 Å². The summed E-state index contributed by atoms with van der Waals surface area (Å²) in [6, 6.07) is 13.5. The van der Waals surface area contributed by atoms with Crippen molar-refractivity contribution in [2.75, 3.05) is 18.0 Å². The Morgan fingerprint density at radius 3 is 2.45 bits per heavy atom. The van der Waals surface area contributed by atoms with Gasteiger partial charge in [0.25, 0.3) is 5.91 Å². The zero-order chi connectivity index (χ0) is 23.4. The summed E-state index contributed by atoms with van der Waals surface area (Å²) in [6.07, 6.45) is 4.84. The van der Waals surface area contributed by atoms with E-state index in [-0.39, 0.29) is 24.3 Å². The van der Waals surface area contributed by atoms with Crippen LogP contribution >= 0.6 is 11.6 Å². The van der Waals surface area contributed by atoms with Gasteiger partial charge in [-0.1, -0.05) is 23.7 Å². The molecule has 4 rings (SSSR count). The standard InChI is InChI=1S/C24H24ClN5O3/c1-29-14-12-26-23(29)22(16-4-8-18(25)9-5-16)28-20(31)15-27-24(33)17-6-10-19(11-7-17)30-13-2-3-21(30)32/h4-12,14,22H,2-3,13,15H2,1H3,(H,27,33)(H,28,31)/t22-/m1/s1. The molecular weight excluding hydrogens is 442 g/mol. The molecule has 2 heterocycles. The van der Waals surface area contributed by atoms with Crippen molar-refractivity contribution < 1.29 is 14.4 Å². The fourth-order valence-electron chi connectivity index (χ4n) is 3.80. The van der Waals surface area contributed by atoms with Crippen LogP contribution < -0.4 is 15.5 Å². The first-order chi connectivity index (χ1) is 15.9. The Morgan fingerprint density at radius 1 is 1.12 bits per heavy atom. The predicted octanol–water partition coefficient (Wildman–Crippen LogP) is 2.84. The second kappa shape index (κ2) is 9.87. The summed E-state index contributed by atoms with van der Waals surface area (Å²) in [4.78, 5) is 43.1. The first-order valence-electron chi connectivity index (χ1n) is 10.6. The van der Waals surface area contributed by atoms with Crippen LogP contribution in [0.15, 0.2) is 60.9 Å². The van der Waals surface area contributed by atoms with Crippen molar-refractivity contribution in [3.8, 4) is 0 Å². The van der Waals surface area contributed by atoms with Crippen LogP contribution in [0.25, 0.3) is 0 Å². The fraction of sp³-hybridized carbons (Fsp3) is 0.250. The van der Waals surface area contributed by atoms with Crippen molar-refractivity contribution in [3.05, 3.63) is 82.9 Å². The second-order valence-electron chi connectivity index (χ2n) is 7.83. The maximum absolute atomic E-state index is 12.7. The molecule has 0 spiro atoms. The maximum atomic E-state index is 12.7. The number of nitrogens with zero attached hydrogens (tertiary/aromatic N) is 3. The molecule has 0 radical (unpaired) electrons. The van der Waals surface area contributed by atoms with E-state index in [1.165, 1.54) is 0 Å². The lowest BCUT2D eigenvalue weighted by molar-refractivity contribution is -0.120. The number of aromatic nitrogens is 2. The van der Waals surface area contributed by atoms with Gasteiger partial charge in [-0.15, -0.1) is 0 Å². The normalized spacial score (nSPS) is 14.2. The number of hydrogen-bond acceptors (Lipinski definition) is 4. The van der Waals surface area contributed by atoms with Crippen molar-refractivity contribution in [2.24, 2.45) is 7.05 Å². The molecular formula is C24H24ClN5O3. The first kappa shape index (κ1) is 22.5. The molecule has 1 atom stereocenters. The Morgan fingerprint density at radius 2 is 1.85 bits per heavy atom. The summed E-state index contributed by atoms with van der Waals surface area (Å²) in [5, 5.41) is 6.17. The molecule has 9 heteroatoms. The molecule has 0 saturated carbocycles. The molecule has 0 aliphatic carbocycles. The number of rotatable bonds is 7. The number of carbonyl (C=O) groups is 3. The molecule has 3 amide bonds. The average Bonchev–Trinajstić information content (AvgIpc) is 3.44. The number of carbonyl (C=O) groups excluding carboxylic acids is 3. The number of halogens is 1. The van der Waals surface area contributed by atoms with E-state index in [4.69, 9.17) is 11.6 Å². The summed E-state index contributed by atoms with van der Waals surface area (Å²) < 4.78 is 1.82. The van der Waals surface area contributed by atoms with E-state index >= 15 is 0 Å². The van der Waals surface area contributed by atoms with Gasteiger partial charge in [-0.05, 0) is 48.4 Å². The molecule has 1 fully saturated rings. The van der Waals surface area contributed by atoms with Gasteiger partial charge in [-0.2, -0.15) is 0 Å². The molecule has 170 valence electrons. The smallest absolute Gasteiger partial charge is 0.251 e. The van der Waals surface area contributed by atoms with Crippen molar-refractivity contribution in [3.63, 3.8) is 0 Å². The largest absolute Gasteiger partial charge is 0.343 e. The van der Waals surface area contributed by atoms with Crippen LogP contribution in [0.4, 0.5) is 5.69 Å². The zero-order valence-electron chi connectivity index (χ0n) is 18.1. The monoisotopic (exact) mass is 465 g/mol. The minimum Gasteiger partial charge on any atom is -0.343 e. The molecule has 33 heavy (non-hydrogen) atoms. The number of imidazole rings is 1. The van der Waals surface area contributed by atoms with E-state index < -0.39 is 6.04 Å². The average molecular weight is 466 g/mol. The van der Waals surface area contributed by atoms with Crippen molar-refractivity contribution in [1.29, 1.82) is 0 Å². The predicted molar refractivity (Wildman–Crippen MR) is 125 cm³/mol. The lowest BCUT2D eigenvalue weighted by Gasteiger charge is -2.19. The Bertz CT molecular complexity index is 1160. The van der Waals surface area contributed by atoms with Gasteiger partial charge < -0.3 is 20.1 Å². The topological polar surface area (TPSA) is 96.3 Å². The molecule has 3 aromatic rings. The van der Waals surface area contributed by atoms with Gasteiger partial charge in [0.1, 0.15) is 11.9 Å². The highest BCUT2D eigenvalue weighted by atomic mass is 35.5. The number of nitrogens with one attached hydrogen (secondary N) is 2. The van der Waals surface area contributed by atoms with Gasteiger partial charge >= 0.3 is 0 Å². The van der Waals surface area contributed by atoms with Gasteiger partial charge in [0, 0.05) is 48.7 Å². The van der Waals surface area contributed by atoms with Crippen LogP contribution in [0, 0.1) is 0 Å². The quantitative estimate of drug-likeness (QED) is 0.560. The number of benzene rings is 2. The summed E-state index contributed by atoms with van der Waals surface area (Å²) in [5.74, 6) is 0.0194. The highest BCUT2D eigenvalue weighted by Gasteiger charge is 2.23. The van der Waals surface area contributed by atoms with Gasteiger partial charge in [-0.3, -0.25) is 14.4 Å². The molecule has 1 aliphatic heterocycles. The summed E-state index contributed by atoms with van der Waals surface area (Å²) in [5.41, 5.74) is 2.00. The third-order valence-corrected chi connectivity index (χ3v) is 5.80. The molecule has 2 aromatic carbocycles. The van der Waals surface area contributed by atoms with Crippen molar-refractivity contribution in [2.45, 2.75) is 18.9 Å². The van der Waals surface area contributed by atoms with Crippen LogP contribution in [0.1, 0.15) is 40.6 Å². The van der Waals surface area contributed by atoms with Crippen LogP contribution in [0.3, 0.4) is 0 Å². The third-order valence-electron chi connectivity index (χ3n) is 5.55.